The Hall–Kier alpha value is -1.63. The molecule has 2 aliphatic carbocycles. The molecule has 6 heteroatoms. The number of ketones is 1. The molecular formula is C18H21NO5. The molecule has 0 amide bonds. The van der Waals surface area contributed by atoms with Crippen LogP contribution >= 0.6 is 0 Å². The number of nitrogens with zero attached hydrogens (tertiary/aromatic N) is 1. The second kappa shape index (κ2) is 4.31. The van der Waals surface area contributed by atoms with E-state index < -0.39 is 23.2 Å². The van der Waals surface area contributed by atoms with Crippen LogP contribution in [-0.4, -0.2) is 65.4 Å². The van der Waals surface area contributed by atoms with Crippen molar-refractivity contribution in [1.29, 1.82) is 0 Å². The van der Waals surface area contributed by atoms with Gasteiger partial charge < -0.3 is 24.6 Å². The molecule has 0 aromatic heterocycles. The Morgan fingerprint density at radius 3 is 2.92 bits per heavy atom. The first kappa shape index (κ1) is 14.7. The van der Waals surface area contributed by atoms with Gasteiger partial charge >= 0.3 is 0 Å². The van der Waals surface area contributed by atoms with Crippen molar-refractivity contribution >= 4 is 5.78 Å². The summed E-state index contributed by atoms with van der Waals surface area (Å²) in [6, 6.07) is 3.64. The van der Waals surface area contributed by atoms with Gasteiger partial charge in [-0.3, -0.25) is 4.79 Å². The molecular weight excluding hydrogens is 310 g/mol. The number of aliphatic hydroxyl groups excluding tert-OH is 1. The van der Waals surface area contributed by atoms with Crippen molar-refractivity contribution in [2.24, 2.45) is 0 Å². The Bertz CT molecular complexity index is 764. The fourth-order valence-corrected chi connectivity index (χ4v) is 5.73. The fourth-order valence-electron chi connectivity index (χ4n) is 5.73. The van der Waals surface area contributed by atoms with Gasteiger partial charge in [0.2, 0.25) is 0 Å². The Labute approximate surface area is 140 Å². The quantitative estimate of drug-likeness (QED) is 0.755. The number of aliphatic hydroxyl groups is 2. The Morgan fingerprint density at radius 1 is 1.38 bits per heavy atom. The number of carbonyl (C=O) groups excluding carboxylic acids is 1. The van der Waals surface area contributed by atoms with Crippen LogP contribution < -0.4 is 9.47 Å². The van der Waals surface area contributed by atoms with Gasteiger partial charge in [0.15, 0.2) is 23.4 Å². The highest BCUT2D eigenvalue weighted by Gasteiger charge is 2.75. The SMILES string of the molecule is COc1ccc2c3c1OC1C(=O)CC(O)C4(O)[C@@H](C2)N(C)CC[C@]314. The molecule has 1 aromatic rings. The average molecular weight is 331 g/mol. The molecule has 3 unspecified atom stereocenters. The summed E-state index contributed by atoms with van der Waals surface area (Å²) in [6.07, 6.45) is -0.686. The minimum atomic E-state index is -1.39. The molecule has 2 N–H and O–H groups in total. The van der Waals surface area contributed by atoms with Gasteiger partial charge in [-0.1, -0.05) is 6.07 Å². The Balaban J connectivity index is 1.87. The van der Waals surface area contributed by atoms with Crippen molar-refractivity contribution < 1.29 is 24.5 Å². The van der Waals surface area contributed by atoms with E-state index in [9.17, 15) is 15.0 Å². The summed E-state index contributed by atoms with van der Waals surface area (Å²) >= 11 is 0. The highest BCUT2D eigenvalue weighted by molar-refractivity contribution is 5.90. The number of methoxy groups -OCH3 is 1. The molecule has 2 fully saturated rings. The van der Waals surface area contributed by atoms with Crippen molar-refractivity contribution in [2.75, 3.05) is 20.7 Å². The molecule has 2 bridgehead atoms. The van der Waals surface area contributed by atoms with Gasteiger partial charge in [-0.05, 0) is 38.1 Å². The van der Waals surface area contributed by atoms with E-state index in [1.807, 2.05) is 19.2 Å². The summed E-state index contributed by atoms with van der Waals surface area (Å²) in [5.41, 5.74) is -0.304. The normalized spacial score (nSPS) is 42.5. The molecule has 4 aliphatic rings. The molecule has 2 aliphatic heterocycles. The maximum atomic E-state index is 12.7. The topological polar surface area (TPSA) is 79.2 Å². The molecule has 24 heavy (non-hydrogen) atoms. The highest BCUT2D eigenvalue weighted by Crippen LogP contribution is 2.64. The Morgan fingerprint density at radius 2 is 2.17 bits per heavy atom. The minimum Gasteiger partial charge on any atom is -0.493 e. The summed E-state index contributed by atoms with van der Waals surface area (Å²) in [7, 11) is 3.54. The minimum absolute atomic E-state index is 0.0705. The van der Waals surface area contributed by atoms with Gasteiger partial charge in [0.05, 0.1) is 18.6 Å². The Kier molecular flexibility index (Phi) is 2.64. The zero-order valence-electron chi connectivity index (χ0n) is 13.8. The summed E-state index contributed by atoms with van der Waals surface area (Å²) in [4.78, 5) is 14.8. The van der Waals surface area contributed by atoms with Crippen LogP contribution in [-0.2, 0) is 16.6 Å². The first-order valence-corrected chi connectivity index (χ1v) is 8.45. The van der Waals surface area contributed by atoms with Gasteiger partial charge in [-0.2, -0.15) is 0 Å². The second-order valence-electron chi connectivity index (χ2n) is 7.56. The monoisotopic (exact) mass is 331 g/mol. The molecule has 2 heterocycles. The fraction of sp³-hybridized carbons (Fsp3) is 0.611. The van der Waals surface area contributed by atoms with Gasteiger partial charge in [-0.25, -0.2) is 0 Å². The van der Waals surface area contributed by atoms with E-state index >= 15 is 0 Å². The molecule has 5 rings (SSSR count). The predicted octanol–water partition coefficient (Wildman–Crippen LogP) is 0.0190. The smallest absolute Gasteiger partial charge is 0.177 e. The lowest BCUT2D eigenvalue weighted by molar-refractivity contribution is -0.226. The van der Waals surface area contributed by atoms with E-state index in [0.717, 1.165) is 17.7 Å². The summed E-state index contributed by atoms with van der Waals surface area (Å²) in [5, 5.41) is 22.5. The third-order valence-electron chi connectivity index (χ3n) is 6.78. The second-order valence-corrected chi connectivity index (χ2v) is 7.56. The van der Waals surface area contributed by atoms with Crippen molar-refractivity contribution in [2.45, 2.75) is 48.5 Å². The molecule has 0 radical (unpaired) electrons. The number of benzene rings is 1. The van der Waals surface area contributed by atoms with Gasteiger partial charge in [0.25, 0.3) is 0 Å². The zero-order valence-corrected chi connectivity index (χ0v) is 13.8. The van der Waals surface area contributed by atoms with Gasteiger partial charge in [-0.15, -0.1) is 0 Å². The number of likely N-dealkylation sites (N-methyl/N-ethyl adjacent to an activating group) is 1. The van der Waals surface area contributed by atoms with Crippen molar-refractivity contribution in [3.05, 3.63) is 23.3 Å². The molecule has 128 valence electrons. The van der Waals surface area contributed by atoms with E-state index in [4.69, 9.17) is 9.47 Å². The standard InChI is InChI=1S/C18H21NO5/c1-19-6-5-17-14-9-3-4-11(23-2)15(14)24-16(17)10(20)8-13(21)18(17,22)12(19)7-9/h3-4,12-13,16,21-22H,5-8H2,1-2H3/t12-,13?,16?,17+,18?/m1/s1. The largest absolute Gasteiger partial charge is 0.493 e. The zero-order chi connectivity index (χ0) is 16.9. The lowest BCUT2D eigenvalue weighted by Crippen LogP contribution is -2.80. The highest BCUT2D eigenvalue weighted by atomic mass is 16.5. The number of ether oxygens (including phenoxy) is 2. The van der Waals surface area contributed by atoms with Crippen molar-refractivity contribution in [3.8, 4) is 11.5 Å². The van der Waals surface area contributed by atoms with Crippen LogP contribution in [0.4, 0.5) is 0 Å². The van der Waals surface area contributed by atoms with E-state index in [2.05, 4.69) is 4.90 Å². The molecule has 1 spiro atoms. The number of likely N-dealkylation sites (tertiary alicyclic amines) is 1. The maximum Gasteiger partial charge on any atom is 0.177 e. The lowest BCUT2D eigenvalue weighted by Gasteiger charge is -2.63. The average Bonchev–Trinajstić information content (AvgIpc) is 2.91. The van der Waals surface area contributed by atoms with Gasteiger partial charge in [0.1, 0.15) is 5.60 Å². The number of hydrogen-bond donors (Lipinski definition) is 2. The third kappa shape index (κ3) is 1.31. The number of hydrogen-bond acceptors (Lipinski definition) is 6. The van der Waals surface area contributed by atoms with Crippen LogP contribution in [0, 0.1) is 0 Å². The molecule has 5 atom stereocenters. The molecule has 1 saturated heterocycles. The number of Topliss-reactive ketones (excluding diaryl/α,β-unsaturated/α-hetero) is 1. The van der Waals surface area contributed by atoms with E-state index in [-0.39, 0.29) is 18.2 Å². The van der Waals surface area contributed by atoms with Crippen molar-refractivity contribution in [1.82, 2.24) is 4.90 Å². The molecule has 1 saturated carbocycles. The molecule has 6 nitrogen and oxygen atoms in total. The van der Waals surface area contributed by atoms with E-state index in [1.54, 1.807) is 7.11 Å². The third-order valence-corrected chi connectivity index (χ3v) is 6.78. The van der Waals surface area contributed by atoms with Gasteiger partial charge in [0, 0.05) is 18.0 Å². The van der Waals surface area contributed by atoms with E-state index in [0.29, 0.717) is 24.3 Å². The van der Waals surface area contributed by atoms with Crippen molar-refractivity contribution in [3.63, 3.8) is 0 Å². The number of rotatable bonds is 1. The van der Waals surface area contributed by atoms with Crippen LogP contribution in [0.25, 0.3) is 0 Å². The maximum absolute atomic E-state index is 12.7. The van der Waals surface area contributed by atoms with Crippen LogP contribution in [0.5, 0.6) is 11.5 Å². The first-order valence-electron chi connectivity index (χ1n) is 8.45. The molecule has 1 aromatic carbocycles. The summed E-state index contributed by atoms with van der Waals surface area (Å²) in [6.45, 7) is 0.753. The first-order chi connectivity index (χ1) is 11.4. The van der Waals surface area contributed by atoms with Crippen LogP contribution in [0.15, 0.2) is 12.1 Å². The van der Waals surface area contributed by atoms with Crippen LogP contribution in [0.1, 0.15) is 24.0 Å². The number of carbonyl (C=O) groups is 1. The number of piperidine rings is 1. The van der Waals surface area contributed by atoms with Crippen LogP contribution in [0.2, 0.25) is 0 Å². The predicted molar refractivity (Wildman–Crippen MR) is 84.4 cm³/mol. The lowest BCUT2D eigenvalue weighted by atomic mass is 9.48. The van der Waals surface area contributed by atoms with Crippen LogP contribution in [0.3, 0.4) is 0 Å². The van der Waals surface area contributed by atoms with E-state index in [1.165, 1.54) is 0 Å². The summed E-state index contributed by atoms with van der Waals surface area (Å²) < 4.78 is 11.5. The summed E-state index contributed by atoms with van der Waals surface area (Å²) in [5.74, 6) is 1.02.